The van der Waals surface area contributed by atoms with Gasteiger partial charge in [0.1, 0.15) is 12.6 Å². The largest absolute Gasteiger partial charge is 0.480 e. The number of carboxylic acids is 1. The van der Waals surface area contributed by atoms with Crippen LogP contribution in [0.15, 0.2) is 24.3 Å². The Labute approximate surface area is 345 Å². The number of unbranched alkanes of at least 4 members (excludes halogenated alkanes) is 23. The van der Waals surface area contributed by atoms with Gasteiger partial charge in [-0.2, -0.15) is 0 Å². The highest BCUT2D eigenvalue weighted by Crippen LogP contribution is 2.43. The van der Waals surface area contributed by atoms with E-state index in [0.717, 1.165) is 70.6 Å². The first-order valence-electron chi connectivity index (χ1n) is 22.3. The molecule has 332 valence electrons. The second-order valence-corrected chi connectivity index (χ2v) is 16.7. The van der Waals surface area contributed by atoms with Gasteiger partial charge in [-0.05, 0) is 38.2 Å². The second kappa shape index (κ2) is 39.1. The Balaban J connectivity index is 4.38. The molecule has 12 nitrogen and oxygen atoms in total. The van der Waals surface area contributed by atoms with Crippen molar-refractivity contribution in [3.05, 3.63) is 24.3 Å². The van der Waals surface area contributed by atoms with Crippen molar-refractivity contribution in [2.24, 2.45) is 5.73 Å². The maximum absolute atomic E-state index is 12.6. The van der Waals surface area contributed by atoms with E-state index in [9.17, 15) is 28.6 Å². The van der Waals surface area contributed by atoms with Crippen molar-refractivity contribution in [2.45, 2.75) is 212 Å². The summed E-state index contributed by atoms with van der Waals surface area (Å²) in [6.45, 7) is 2.62. The summed E-state index contributed by atoms with van der Waals surface area (Å²) >= 11 is 0. The predicted molar refractivity (Wildman–Crippen MR) is 227 cm³/mol. The summed E-state index contributed by atoms with van der Waals surface area (Å²) in [7, 11) is -4.73. The van der Waals surface area contributed by atoms with Gasteiger partial charge in [0.2, 0.25) is 0 Å². The number of hydrogen-bond acceptors (Lipinski definition) is 10. The van der Waals surface area contributed by atoms with Crippen LogP contribution in [0.1, 0.15) is 200 Å². The van der Waals surface area contributed by atoms with Gasteiger partial charge in [-0.15, -0.1) is 0 Å². The van der Waals surface area contributed by atoms with E-state index in [-0.39, 0.29) is 25.2 Å². The molecule has 0 heterocycles. The van der Waals surface area contributed by atoms with Crippen LogP contribution in [0.3, 0.4) is 0 Å². The Hall–Kier alpha value is -2.37. The number of ether oxygens (including phenoxy) is 2. The van der Waals surface area contributed by atoms with Crippen LogP contribution in [0.4, 0.5) is 0 Å². The van der Waals surface area contributed by atoms with Crippen LogP contribution in [0.25, 0.3) is 0 Å². The van der Waals surface area contributed by atoms with E-state index in [1.54, 1.807) is 12.2 Å². The van der Waals surface area contributed by atoms with E-state index >= 15 is 0 Å². The molecule has 0 fully saturated rings. The highest BCUT2D eigenvalue weighted by Gasteiger charge is 2.28. The maximum atomic E-state index is 12.6. The predicted octanol–water partition coefficient (Wildman–Crippen LogP) is 11.0. The zero-order valence-electron chi connectivity index (χ0n) is 35.7. The number of allylic oxidation sites excluding steroid dienone is 4. The Bertz CT molecular complexity index is 1130. The number of phosphoric acid groups is 1. The first-order chi connectivity index (χ1) is 27.5. The standard InChI is InChI=1S/C44H80NO11P/c1-3-5-7-8-9-10-11-12-13-14-15-16-17-20-23-26-30-34-42(47)53-36-40(37-54-57(51,52)55-38-41(45)44(49)50)56-43(48)35-31-27-24-21-18-19-22-25-29-33-39(46)32-28-6-4-2/h22,25,29,33,40-41H,3-21,23-24,26-28,30-32,34-38,45H2,1-2H3,(H,49,50)(H,51,52)/b25-22-,33-29+/t40-,41+/m1/s1. The van der Waals surface area contributed by atoms with Crippen molar-refractivity contribution in [2.75, 3.05) is 19.8 Å². The summed E-state index contributed by atoms with van der Waals surface area (Å²) in [5.74, 6) is -2.29. The molecule has 1 unspecified atom stereocenters. The van der Waals surface area contributed by atoms with E-state index in [1.165, 1.54) is 83.5 Å². The molecule has 0 aromatic heterocycles. The molecule has 0 saturated carbocycles. The SMILES string of the molecule is CCCCCCCCCCCCCCCCCCCC(=O)OC[C@H](COP(=O)(O)OC[C@H](N)C(=O)O)OC(=O)CCCCCCC/C=C\C=C\C(=O)CCCCC. The molecular weight excluding hydrogens is 749 g/mol. The van der Waals surface area contributed by atoms with Crippen molar-refractivity contribution >= 4 is 31.5 Å². The van der Waals surface area contributed by atoms with Gasteiger partial charge in [0.05, 0.1) is 13.2 Å². The fourth-order valence-corrected chi connectivity index (χ4v) is 6.88. The number of carbonyl (C=O) groups excluding carboxylic acids is 3. The highest BCUT2D eigenvalue weighted by molar-refractivity contribution is 7.47. The van der Waals surface area contributed by atoms with Crippen LogP contribution in [0.2, 0.25) is 0 Å². The molecule has 3 atom stereocenters. The van der Waals surface area contributed by atoms with Crippen molar-refractivity contribution in [1.82, 2.24) is 0 Å². The molecule has 57 heavy (non-hydrogen) atoms. The Morgan fingerprint density at radius 1 is 0.579 bits per heavy atom. The molecule has 0 radical (unpaired) electrons. The molecule has 4 N–H and O–H groups in total. The minimum atomic E-state index is -4.73. The molecule has 0 aromatic rings. The number of nitrogens with two attached hydrogens (primary N) is 1. The molecule has 0 amide bonds. The molecule has 0 aliphatic heterocycles. The van der Waals surface area contributed by atoms with Gasteiger partial charge < -0.3 is 25.2 Å². The number of carboxylic acid groups (broad SMARTS) is 1. The number of aliphatic carboxylic acids is 1. The molecule has 0 spiro atoms. The van der Waals surface area contributed by atoms with Gasteiger partial charge in [0, 0.05) is 19.3 Å². The molecule has 0 aliphatic rings. The van der Waals surface area contributed by atoms with Crippen LogP contribution in [-0.4, -0.2) is 65.7 Å². The second-order valence-electron chi connectivity index (χ2n) is 15.2. The Kier molecular flexibility index (Phi) is 37.5. The minimum Gasteiger partial charge on any atom is -0.480 e. The summed E-state index contributed by atoms with van der Waals surface area (Å²) in [5, 5.41) is 8.89. The molecule has 0 aliphatic carbocycles. The average molecular weight is 830 g/mol. The molecular formula is C44H80NO11P. The van der Waals surface area contributed by atoms with Crippen LogP contribution in [0.5, 0.6) is 0 Å². The number of hydrogen-bond donors (Lipinski definition) is 3. The van der Waals surface area contributed by atoms with Gasteiger partial charge in [-0.3, -0.25) is 28.2 Å². The van der Waals surface area contributed by atoms with Crippen LogP contribution in [0, 0.1) is 0 Å². The zero-order valence-corrected chi connectivity index (χ0v) is 36.6. The fraction of sp³-hybridized carbons (Fsp3) is 0.818. The first kappa shape index (κ1) is 54.6. The Morgan fingerprint density at radius 2 is 1.02 bits per heavy atom. The van der Waals surface area contributed by atoms with E-state index < -0.39 is 51.1 Å². The molecule has 0 aromatic carbocycles. The third-order valence-corrected chi connectivity index (χ3v) is 10.6. The van der Waals surface area contributed by atoms with Gasteiger partial charge in [0.15, 0.2) is 11.9 Å². The highest BCUT2D eigenvalue weighted by atomic mass is 31.2. The normalized spacial score (nSPS) is 13.8. The summed E-state index contributed by atoms with van der Waals surface area (Å²) in [6, 6.07) is -1.53. The number of carbonyl (C=O) groups is 4. The summed E-state index contributed by atoms with van der Waals surface area (Å²) in [5.41, 5.74) is 5.33. The summed E-state index contributed by atoms with van der Waals surface area (Å²) in [4.78, 5) is 57.7. The van der Waals surface area contributed by atoms with Crippen LogP contribution in [-0.2, 0) is 42.3 Å². The number of phosphoric ester groups is 1. The zero-order chi connectivity index (χ0) is 42.2. The topological polar surface area (TPSA) is 189 Å². The van der Waals surface area contributed by atoms with Crippen molar-refractivity contribution < 1.29 is 52.3 Å². The van der Waals surface area contributed by atoms with E-state index in [0.29, 0.717) is 19.3 Å². The average Bonchev–Trinajstić information content (AvgIpc) is 3.18. The Morgan fingerprint density at radius 3 is 1.54 bits per heavy atom. The van der Waals surface area contributed by atoms with E-state index in [4.69, 9.17) is 24.8 Å². The van der Waals surface area contributed by atoms with Crippen LogP contribution < -0.4 is 5.73 Å². The van der Waals surface area contributed by atoms with Crippen molar-refractivity contribution in [3.8, 4) is 0 Å². The van der Waals surface area contributed by atoms with Crippen LogP contribution >= 0.6 is 7.82 Å². The first-order valence-corrected chi connectivity index (χ1v) is 23.8. The third-order valence-electron chi connectivity index (χ3n) is 9.68. The lowest BCUT2D eigenvalue weighted by atomic mass is 10.0. The van der Waals surface area contributed by atoms with Crippen molar-refractivity contribution in [3.63, 3.8) is 0 Å². The van der Waals surface area contributed by atoms with Gasteiger partial charge in [-0.1, -0.05) is 167 Å². The fourth-order valence-electron chi connectivity index (χ4n) is 6.11. The molecule has 13 heteroatoms. The summed E-state index contributed by atoms with van der Waals surface area (Å²) < 4.78 is 32.6. The summed E-state index contributed by atoms with van der Waals surface area (Å²) in [6.07, 6.45) is 36.5. The lowest BCUT2D eigenvalue weighted by Gasteiger charge is -2.20. The van der Waals surface area contributed by atoms with Gasteiger partial charge in [0.25, 0.3) is 0 Å². The van der Waals surface area contributed by atoms with Crippen molar-refractivity contribution in [1.29, 1.82) is 0 Å². The minimum absolute atomic E-state index is 0.113. The monoisotopic (exact) mass is 830 g/mol. The maximum Gasteiger partial charge on any atom is 0.472 e. The van der Waals surface area contributed by atoms with E-state index in [2.05, 4.69) is 18.4 Å². The molecule has 0 rings (SSSR count). The molecule has 0 saturated heterocycles. The molecule has 0 bridgehead atoms. The number of ketones is 1. The quantitative estimate of drug-likeness (QED) is 0.0174. The number of rotatable bonds is 42. The smallest absolute Gasteiger partial charge is 0.472 e. The van der Waals surface area contributed by atoms with Gasteiger partial charge in [-0.25, -0.2) is 4.57 Å². The number of esters is 2. The lowest BCUT2D eigenvalue weighted by molar-refractivity contribution is -0.161. The van der Waals surface area contributed by atoms with E-state index in [1.807, 2.05) is 12.2 Å². The lowest BCUT2D eigenvalue weighted by Crippen LogP contribution is -2.34. The van der Waals surface area contributed by atoms with Gasteiger partial charge >= 0.3 is 25.7 Å². The third kappa shape index (κ3) is 38.9.